The first kappa shape index (κ1) is 10.4. The van der Waals surface area contributed by atoms with Gasteiger partial charge in [-0.15, -0.1) is 0 Å². The molecule has 1 aliphatic rings. The zero-order chi connectivity index (χ0) is 11.8. The number of aryl methyl sites for hydroxylation is 1. The van der Waals surface area contributed by atoms with Gasteiger partial charge in [-0.2, -0.15) is 0 Å². The molecule has 1 aliphatic heterocycles. The molecule has 4 heteroatoms. The highest BCUT2D eigenvalue weighted by molar-refractivity contribution is 5.56. The molecule has 2 aromatic rings. The number of rotatable bonds is 1. The molecule has 0 atom stereocenters. The van der Waals surface area contributed by atoms with Crippen molar-refractivity contribution in [2.24, 2.45) is 0 Å². The number of nitrogens with zero attached hydrogens (tertiary/aromatic N) is 2. The number of halogens is 1. The summed E-state index contributed by atoms with van der Waals surface area (Å²) >= 11 is 0. The van der Waals surface area contributed by atoms with Gasteiger partial charge in [0, 0.05) is 30.4 Å². The van der Waals surface area contributed by atoms with Gasteiger partial charge in [-0.3, -0.25) is 0 Å². The Labute approximate surface area is 98.7 Å². The molecule has 86 valence electrons. The lowest BCUT2D eigenvalue weighted by molar-refractivity contribution is 0.619. The molecule has 0 saturated heterocycles. The first-order valence-corrected chi connectivity index (χ1v) is 5.56. The molecule has 2 heterocycles. The first-order valence-electron chi connectivity index (χ1n) is 5.56. The Bertz CT molecular complexity index is 581. The van der Waals surface area contributed by atoms with Crippen molar-refractivity contribution < 1.29 is 4.39 Å². The van der Waals surface area contributed by atoms with E-state index in [0.29, 0.717) is 11.4 Å². The van der Waals surface area contributed by atoms with Crippen LogP contribution in [0.15, 0.2) is 24.4 Å². The molecule has 1 aromatic heterocycles. The average molecular weight is 229 g/mol. The Morgan fingerprint density at radius 3 is 3.00 bits per heavy atom. The summed E-state index contributed by atoms with van der Waals surface area (Å²) in [6.07, 6.45) is 1.81. The van der Waals surface area contributed by atoms with E-state index in [4.69, 9.17) is 0 Å². The summed E-state index contributed by atoms with van der Waals surface area (Å²) in [7, 11) is 0. The number of hydrogen-bond donors (Lipinski definition) is 1. The van der Waals surface area contributed by atoms with E-state index in [1.165, 1.54) is 6.07 Å². The smallest absolute Gasteiger partial charge is 0.159 e. The molecule has 0 saturated carbocycles. The normalized spacial score (nSPS) is 13.8. The van der Waals surface area contributed by atoms with Crippen LogP contribution in [0.2, 0.25) is 0 Å². The van der Waals surface area contributed by atoms with Crippen LogP contribution in [0, 0.1) is 12.7 Å². The Morgan fingerprint density at radius 1 is 1.29 bits per heavy atom. The van der Waals surface area contributed by atoms with Gasteiger partial charge in [0.05, 0.1) is 5.69 Å². The molecule has 1 N–H and O–H groups in total. The fourth-order valence-corrected chi connectivity index (χ4v) is 1.93. The molecule has 0 amide bonds. The predicted molar refractivity (Wildman–Crippen MR) is 62.7 cm³/mol. The second-order valence-electron chi connectivity index (χ2n) is 4.23. The topological polar surface area (TPSA) is 37.8 Å². The number of aromatic nitrogens is 2. The largest absolute Gasteiger partial charge is 0.307 e. The van der Waals surface area contributed by atoms with Gasteiger partial charge < -0.3 is 5.32 Å². The lowest BCUT2D eigenvalue weighted by atomic mass is 10.1. The van der Waals surface area contributed by atoms with Crippen LogP contribution < -0.4 is 5.32 Å². The lowest BCUT2D eigenvalue weighted by Gasteiger charge is -2.04. The zero-order valence-corrected chi connectivity index (χ0v) is 9.50. The number of benzene rings is 1. The van der Waals surface area contributed by atoms with Crippen LogP contribution in [0.5, 0.6) is 0 Å². The molecule has 0 radical (unpaired) electrons. The Hall–Kier alpha value is -1.81. The molecule has 0 spiro atoms. The van der Waals surface area contributed by atoms with Gasteiger partial charge in [0.1, 0.15) is 5.82 Å². The molecule has 0 unspecified atom stereocenters. The minimum absolute atomic E-state index is 0.218. The molecule has 3 nitrogen and oxygen atoms in total. The summed E-state index contributed by atoms with van der Waals surface area (Å²) in [5, 5.41) is 3.21. The van der Waals surface area contributed by atoms with E-state index < -0.39 is 0 Å². The molecule has 17 heavy (non-hydrogen) atoms. The third-order valence-electron chi connectivity index (χ3n) is 2.99. The summed E-state index contributed by atoms with van der Waals surface area (Å²) in [5.41, 5.74) is 3.50. The van der Waals surface area contributed by atoms with Crippen LogP contribution in [0.3, 0.4) is 0 Å². The third-order valence-corrected chi connectivity index (χ3v) is 2.99. The van der Waals surface area contributed by atoms with Gasteiger partial charge in [-0.05, 0) is 18.6 Å². The summed E-state index contributed by atoms with van der Waals surface area (Å²) in [6, 6.07) is 5.08. The second kappa shape index (κ2) is 3.89. The highest BCUT2D eigenvalue weighted by Crippen LogP contribution is 2.20. The average Bonchev–Trinajstić information content (AvgIpc) is 2.79. The summed E-state index contributed by atoms with van der Waals surface area (Å²) in [4.78, 5) is 8.73. The number of hydrogen-bond acceptors (Lipinski definition) is 3. The fourth-order valence-electron chi connectivity index (χ4n) is 1.93. The van der Waals surface area contributed by atoms with Crippen LogP contribution in [0.4, 0.5) is 4.39 Å². The summed E-state index contributed by atoms with van der Waals surface area (Å²) in [6.45, 7) is 3.32. The highest BCUT2D eigenvalue weighted by Gasteiger charge is 2.13. The van der Waals surface area contributed by atoms with Crippen LogP contribution in [-0.4, -0.2) is 9.97 Å². The van der Waals surface area contributed by atoms with Gasteiger partial charge in [0.15, 0.2) is 5.82 Å². The van der Waals surface area contributed by atoms with Crippen molar-refractivity contribution >= 4 is 0 Å². The van der Waals surface area contributed by atoms with Crippen LogP contribution in [0.25, 0.3) is 11.4 Å². The maximum Gasteiger partial charge on any atom is 0.159 e. The SMILES string of the molecule is Cc1ccc(-c2ncc3c(n2)CNC3)cc1F. The number of fused-ring (bicyclic) bond motifs is 1. The standard InChI is InChI=1S/C13H12FN3/c1-8-2-3-9(4-11(8)14)13-16-6-10-5-15-7-12(10)17-13/h2-4,6,15H,5,7H2,1H3. The molecular formula is C13H12FN3. The van der Waals surface area contributed by atoms with E-state index in [0.717, 1.165) is 29.9 Å². The molecule has 0 aliphatic carbocycles. The van der Waals surface area contributed by atoms with Crippen molar-refractivity contribution in [2.45, 2.75) is 20.0 Å². The van der Waals surface area contributed by atoms with Gasteiger partial charge >= 0.3 is 0 Å². The Balaban J connectivity index is 2.06. The maximum absolute atomic E-state index is 13.5. The number of nitrogens with one attached hydrogen (secondary N) is 1. The van der Waals surface area contributed by atoms with Crippen molar-refractivity contribution in [3.63, 3.8) is 0 Å². The monoisotopic (exact) mass is 229 g/mol. The molecule has 0 fully saturated rings. The van der Waals surface area contributed by atoms with Crippen molar-refractivity contribution in [2.75, 3.05) is 0 Å². The van der Waals surface area contributed by atoms with Crippen molar-refractivity contribution in [3.8, 4) is 11.4 Å². The van der Waals surface area contributed by atoms with Gasteiger partial charge in [0.25, 0.3) is 0 Å². The van der Waals surface area contributed by atoms with E-state index >= 15 is 0 Å². The summed E-state index contributed by atoms with van der Waals surface area (Å²) in [5.74, 6) is 0.371. The third kappa shape index (κ3) is 1.80. The quantitative estimate of drug-likeness (QED) is 0.814. The molecular weight excluding hydrogens is 217 g/mol. The summed E-state index contributed by atoms with van der Waals surface area (Å²) < 4.78 is 13.5. The minimum atomic E-state index is -0.218. The zero-order valence-electron chi connectivity index (χ0n) is 9.50. The van der Waals surface area contributed by atoms with Crippen LogP contribution in [-0.2, 0) is 13.1 Å². The molecule has 3 rings (SSSR count). The highest BCUT2D eigenvalue weighted by atomic mass is 19.1. The maximum atomic E-state index is 13.5. The van der Waals surface area contributed by atoms with E-state index in [9.17, 15) is 4.39 Å². The minimum Gasteiger partial charge on any atom is -0.307 e. The predicted octanol–water partition coefficient (Wildman–Crippen LogP) is 2.19. The van der Waals surface area contributed by atoms with Crippen molar-refractivity contribution in [3.05, 3.63) is 47.0 Å². The lowest BCUT2D eigenvalue weighted by Crippen LogP contribution is -2.00. The van der Waals surface area contributed by atoms with Crippen LogP contribution >= 0.6 is 0 Å². The Morgan fingerprint density at radius 2 is 2.18 bits per heavy atom. The van der Waals surface area contributed by atoms with E-state index in [1.807, 2.05) is 12.3 Å². The molecule has 0 bridgehead atoms. The first-order chi connectivity index (χ1) is 8.24. The van der Waals surface area contributed by atoms with Gasteiger partial charge in [-0.25, -0.2) is 14.4 Å². The van der Waals surface area contributed by atoms with Crippen molar-refractivity contribution in [1.82, 2.24) is 15.3 Å². The van der Waals surface area contributed by atoms with E-state index in [2.05, 4.69) is 15.3 Å². The van der Waals surface area contributed by atoms with Gasteiger partial charge in [0.2, 0.25) is 0 Å². The van der Waals surface area contributed by atoms with Gasteiger partial charge in [-0.1, -0.05) is 12.1 Å². The molecule has 1 aromatic carbocycles. The van der Waals surface area contributed by atoms with E-state index in [1.54, 1.807) is 13.0 Å². The van der Waals surface area contributed by atoms with Crippen molar-refractivity contribution in [1.29, 1.82) is 0 Å². The Kier molecular flexibility index (Phi) is 2.37. The van der Waals surface area contributed by atoms with E-state index in [-0.39, 0.29) is 5.82 Å². The van der Waals surface area contributed by atoms with Crippen LogP contribution in [0.1, 0.15) is 16.8 Å². The second-order valence-corrected chi connectivity index (χ2v) is 4.23. The fraction of sp³-hybridized carbons (Fsp3) is 0.231.